The number of hydrogen-bond donors (Lipinski definition) is 1. The second kappa shape index (κ2) is 5.85. The number of thiophene rings is 1. The molecule has 3 aromatic rings. The molecule has 0 aliphatic heterocycles. The van der Waals surface area contributed by atoms with Crippen LogP contribution < -0.4 is 5.32 Å². The van der Waals surface area contributed by atoms with Gasteiger partial charge in [0, 0.05) is 12.4 Å². The van der Waals surface area contributed by atoms with Crippen molar-refractivity contribution in [1.29, 1.82) is 0 Å². The summed E-state index contributed by atoms with van der Waals surface area (Å²) in [6.45, 7) is 1.91. The Bertz CT molecular complexity index is 876. The predicted octanol–water partition coefficient (Wildman–Crippen LogP) is 2.98. The number of aromatic nitrogens is 2. The topological polar surface area (TPSA) is 73.2 Å². The number of anilines is 1. The van der Waals surface area contributed by atoms with Crippen LogP contribution in [0.4, 0.5) is 5.69 Å². The lowest BCUT2D eigenvalue weighted by atomic mass is 10.1. The van der Waals surface area contributed by atoms with Crippen molar-refractivity contribution >= 4 is 39.1 Å². The van der Waals surface area contributed by atoms with Gasteiger partial charge in [-0.05, 0) is 25.1 Å². The van der Waals surface area contributed by atoms with Crippen molar-refractivity contribution in [2.75, 3.05) is 12.4 Å². The first-order valence-corrected chi connectivity index (χ1v) is 7.74. The molecule has 0 radical (unpaired) electrons. The van der Waals surface area contributed by atoms with Crippen LogP contribution in [0.3, 0.4) is 0 Å². The van der Waals surface area contributed by atoms with Crippen LogP contribution in [-0.2, 0) is 11.8 Å². The summed E-state index contributed by atoms with van der Waals surface area (Å²) in [6, 6.07) is 8.57. The van der Waals surface area contributed by atoms with Crippen LogP contribution in [0.25, 0.3) is 10.2 Å². The first kappa shape index (κ1) is 15.2. The molecule has 2 aromatic heterocycles. The monoisotopic (exact) mass is 329 g/mol. The van der Waals surface area contributed by atoms with E-state index in [9.17, 15) is 9.59 Å². The van der Waals surface area contributed by atoms with Gasteiger partial charge in [-0.2, -0.15) is 5.10 Å². The summed E-state index contributed by atoms with van der Waals surface area (Å²) in [7, 11) is 3.16. The van der Waals surface area contributed by atoms with Gasteiger partial charge in [-0.1, -0.05) is 12.1 Å². The molecule has 0 aliphatic rings. The van der Waals surface area contributed by atoms with E-state index in [-0.39, 0.29) is 5.91 Å². The number of nitrogens with zero attached hydrogens (tertiary/aromatic N) is 2. The Morgan fingerprint density at radius 2 is 2.04 bits per heavy atom. The average molecular weight is 329 g/mol. The lowest BCUT2D eigenvalue weighted by Gasteiger charge is -2.08. The van der Waals surface area contributed by atoms with Crippen molar-refractivity contribution in [2.45, 2.75) is 6.92 Å². The fourth-order valence-electron chi connectivity index (χ4n) is 2.38. The molecule has 1 N–H and O–H groups in total. The van der Waals surface area contributed by atoms with Gasteiger partial charge in [-0.15, -0.1) is 11.3 Å². The molecule has 0 saturated carbocycles. The maximum Gasteiger partial charge on any atom is 0.339 e. The Morgan fingerprint density at radius 1 is 1.30 bits per heavy atom. The van der Waals surface area contributed by atoms with Gasteiger partial charge in [0.05, 0.1) is 28.9 Å². The number of para-hydroxylation sites is 1. The standard InChI is InChI=1S/C16H15N3O3S/c1-9-11-8-13(23-15(11)19(2)18-9)14(20)17-12-7-5-4-6-10(12)16(21)22-3/h4-8H,1-3H3,(H,17,20). The van der Waals surface area contributed by atoms with Gasteiger partial charge in [-0.25, -0.2) is 4.79 Å². The number of methoxy groups -OCH3 is 1. The number of aryl methyl sites for hydroxylation is 2. The smallest absolute Gasteiger partial charge is 0.339 e. The molecular weight excluding hydrogens is 314 g/mol. The second-order valence-electron chi connectivity index (χ2n) is 5.03. The summed E-state index contributed by atoms with van der Waals surface area (Å²) < 4.78 is 6.49. The van der Waals surface area contributed by atoms with Crippen molar-refractivity contribution in [1.82, 2.24) is 9.78 Å². The van der Waals surface area contributed by atoms with Gasteiger partial charge in [0.15, 0.2) is 0 Å². The van der Waals surface area contributed by atoms with Crippen molar-refractivity contribution in [2.24, 2.45) is 7.05 Å². The normalized spacial score (nSPS) is 10.7. The van der Waals surface area contributed by atoms with E-state index in [0.717, 1.165) is 15.9 Å². The highest BCUT2D eigenvalue weighted by Gasteiger charge is 2.18. The van der Waals surface area contributed by atoms with Gasteiger partial charge < -0.3 is 10.1 Å². The molecule has 118 valence electrons. The molecule has 23 heavy (non-hydrogen) atoms. The third-order valence-electron chi connectivity index (χ3n) is 3.50. The van der Waals surface area contributed by atoms with E-state index in [0.29, 0.717) is 16.1 Å². The molecule has 0 unspecified atom stereocenters. The zero-order chi connectivity index (χ0) is 16.6. The molecule has 2 heterocycles. The third kappa shape index (κ3) is 2.70. The Kier molecular flexibility index (Phi) is 3.87. The number of ether oxygens (including phenoxy) is 1. The largest absolute Gasteiger partial charge is 0.465 e. The number of esters is 1. The molecular formula is C16H15N3O3S. The third-order valence-corrected chi connectivity index (χ3v) is 4.70. The molecule has 0 spiro atoms. The van der Waals surface area contributed by atoms with Gasteiger partial charge >= 0.3 is 5.97 Å². The molecule has 0 aliphatic carbocycles. The molecule has 7 heteroatoms. The molecule has 0 saturated heterocycles. The first-order valence-electron chi connectivity index (χ1n) is 6.93. The summed E-state index contributed by atoms with van der Waals surface area (Å²) in [5.41, 5.74) is 1.63. The number of hydrogen-bond acceptors (Lipinski definition) is 5. The van der Waals surface area contributed by atoms with E-state index < -0.39 is 5.97 Å². The van der Waals surface area contributed by atoms with Crippen LogP contribution in [0.15, 0.2) is 30.3 Å². The lowest BCUT2D eigenvalue weighted by Crippen LogP contribution is -2.14. The minimum Gasteiger partial charge on any atom is -0.465 e. The number of rotatable bonds is 3. The van der Waals surface area contributed by atoms with Gasteiger partial charge in [0.25, 0.3) is 5.91 Å². The second-order valence-corrected chi connectivity index (χ2v) is 6.06. The number of carbonyl (C=O) groups excluding carboxylic acids is 2. The highest BCUT2D eigenvalue weighted by molar-refractivity contribution is 7.20. The zero-order valence-electron chi connectivity index (χ0n) is 12.9. The summed E-state index contributed by atoms with van der Waals surface area (Å²) in [5.74, 6) is -0.751. The maximum absolute atomic E-state index is 12.5. The summed E-state index contributed by atoms with van der Waals surface area (Å²) in [5, 5.41) is 8.05. The Morgan fingerprint density at radius 3 is 2.74 bits per heavy atom. The molecule has 0 atom stereocenters. The molecule has 0 fully saturated rings. The summed E-state index contributed by atoms with van der Waals surface area (Å²) in [4.78, 5) is 25.7. The first-order chi connectivity index (χ1) is 11.0. The van der Waals surface area contributed by atoms with Crippen LogP contribution in [0, 0.1) is 6.92 Å². The van der Waals surface area contributed by atoms with Crippen molar-refractivity contribution in [3.8, 4) is 0 Å². The predicted molar refractivity (Wildman–Crippen MR) is 89.1 cm³/mol. The highest BCUT2D eigenvalue weighted by atomic mass is 32.1. The van der Waals surface area contributed by atoms with Gasteiger partial charge in [0.1, 0.15) is 4.83 Å². The lowest BCUT2D eigenvalue weighted by molar-refractivity contribution is 0.0602. The van der Waals surface area contributed by atoms with E-state index in [1.807, 2.05) is 20.0 Å². The Labute approximate surface area is 136 Å². The van der Waals surface area contributed by atoms with Crippen molar-refractivity contribution < 1.29 is 14.3 Å². The van der Waals surface area contributed by atoms with E-state index in [4.69, 9.17) is 4.74 Å². The fourth-order valence-corrected chi connectivity index (χ4v) is 3.40. The minimum absolute atomic E-state index is 0.262. The molecule has 6 nitrogen and oxygen atoms in total. The van der Waals surface area contributed by atoms with E-state index in [1.54, 1.807) is 28.9 Å². The van der Waals surface area contributed by atoms with Crippen LogP contribution in [0.5, 0.6) is 0 Å². The SMILES string of the molecule is COC(=O)c1ccccc1NC(=O)c1cc2c(C)nn(C)c2s1. The van der Waals surface area contributed by atoms with Crippen molar-refractivity contribution in [3.05, 3.63) is 46.5 Å². The Hall–Kier alpha value is -2.67. The molecule has 0 bridgehead atoms. The summed E-state index contributed by atoms with van der Waals surface area (Å²) in [6.07, 6.45) is 0. The molecule has 1 amide bonds. The number of amides is 1. The van der Waals surface area contributed by atoms with Crippen LogP contribution in [0.2, 0.25) is 0 Å². The van der Waals surface area contributed by atoms with Crippen molar-refractivity contribution in [3.63, 3.8) is 0 Å². The fraction of sp³-hybridized carbons (Fsp3) is 0.188. The number of benzene rings is 1. The number of carbonyl (C=O) groups is 2. The highest BCUT2D eigenvalue weighted by Crippen LogP contribution is 2.28. The summed E-state index contributed by atoms with van der Waals surface area (Å²) >= 11 is 1.36. The van der Waals surface area contributed by atoms with Gasteiger partial charge in [0.2, 0.25) is 0 Å². The van der Waals surface area contributed by atoms with Crippen LogP contribution in [-0.4, -0.2) is 28.8 Å². The maximum atomic E-state index is 12.5. The number of fused-ring (bicyclic) bond motifs is 1. The van der Waals surface area contributed by atoms with Crippen LogP contribution >= 0.6 is 11.3 Å². The minimum atomic E-state index is -0.489. The number of nitrogens with one attached hydrogen (secondary N) is 1. The van der Waals surface area contributed by atoms with Gasteiger partial charge in [-0.3, -0.25) is 9.48 Å². The van der Waals surface area contributed by atoms with Crippen LogP contribution in [0.1, 0.15) is 25.7 Å². The van der Waals surface area contributed by atoms with E-state index in [2.05, 4.69) is 10.4 Å². The quantitative estimate of drug-likeness (QED) is 0.750. The molecule has 3 rings (SSSR count). The Balaban J connectivity index is 1.92. The average Bonchev–Trinajstić information content (AvgIpc) is 3.09. The molecule has 1 aromatic carbocycles. The van der Waals surface area contributed by atoms with E-state index >= 15 is 0 Å². The zero-order valence-corrected chi connectivity index (χ0v) is 13.7. The van der Waals surface area contributed by atoms with E-state index in [1.165, 1.54) is 18.4 Å².